The van der Waals surface area contributed by atoms with Gasteiger partial charge in [0, 0.05) is 25.1 Å². The van der Waals surface area contributed by atoms with E-state index in [1.54, 1.807) is 0 Å². The van der Waals surface area contributed by atoms with Crippen LogP contribution in [0.4, 0.5) is 0 Å². The molecular formula is C18H23N3O5S. The molecule has 146 valence electrons. The highest BCUT2D eigenvalue weighted by atomic mass is 32.2. The number of hydrogen-bond donors (Lipinski definition) is 2. The first-order valence-electron chi connectivity index (χ1n) is 9.02. The molecule has 3 rings (SSSR count). The Bertz CT molecular complexity index is 842. The minimum atomic E-state index is -3.57. The van der Waals surface area contributed by atoms with E-state index in [0.717, 1.165) is 12.8 Å². The third-order valence-electron chi connectivity index (χ3n) is 5.04. The van der Waals surface area contributed by atoms with Crippen LogP contribution in [0.3, 0.4) is 0 Å². The molecule has 9 heteroatoms. The summed E-state index contributed by atoms with van der Waals surface area (Å²) >= 11 is 0. The molecule has 27 heavy (non-hydrogen) atoms. The average molecular weight is 393 g/mol. The normalized spacial score (nSPS) is 22.3. The van der Waals surface area contributed by atoms with Crippen LogP contribution in [0.15, 0.2) is 29.2 Å². The van der Waals surface area contributed by atoms with Crippen LogP contribution < -0.4 is 10.6 Å². The topological polar surface area (TPSA) is 113 Å². The number of imide groups is 1. The molecule has 0 radical (unpaired) electrons. The summed E-state index contributed by atoms with van der Waals surface area (Å²) in [5.74, 6) is -0.847. The number of rotatable bonds is 4. The molecule has 1 aromatic rings. The second-order valence-corrected chi connectivity index (χ2v) is 9.03. The van der Waals surface area contributed by atoms with Gasteiger partial charge in [-0.25, -0.2) is 8.42 Å². The largest absolute Gasteiger partial charge is 0.340 e. The summed E-state index contributed by atoms with van der Waals surface area (Å²) in [5.41, 5.74) is 0.255. The minimum absolute atomic E-state index is 0.148. The van der Waals surface area contributed by atoms with Gasteiger partial charge in [0.1, 0.15) is 6.04 Å². The Hall–Kier alpha value is -2.26. The molecule has 2 heterocycles. The zero-order chi connectivity index (χ0) is 19.6. The lowest BCUT2D eigenvalue weighted by Gasteiger charge is -2.29. The van der Waals surface area contributed by atoms with Crippen LogP contribution in [0.25, 0.3) is 0 Å². The van der Waals surface area contributed by atoms with Gasteiger partial charge in [-0.3, -0.25) is 19.7 Å². The van der Waals surface area contributed by atoms with Crippen LogP contribution in [-0.2, 0) is 19.6 Å². The molecule has 1 aromatic carbocycles. The highest BCUT2D eigenvalue weighted by Crippen LogP contribution is 2.23. The second kappa shape index (κ2) is 7.77. The van der Waals surface area contributed by atoms with E-state index in [1.165, 1.54) is 28.6 Å². The summed E-state index contributed by atoms with van der Waals surface area (Å²) in [4.78, 5) is 35.3. The number of carbonyl (C=O) groups excluding carboxylic acids is 3. The molecule has 1 unspecified atom stereocenters. The monoisotopic (exact) mass is 393 g/mol. The first kappa shape index (κ1) is 19.5. The maximum absolute atomic E-state index is 12.7. The maximum atomic E-state index is 12.7. The zero-order valence-electron chi connectivity index (χ0n) is 15.1. The number of amides is 3. The van der Waals surface area contributed by atoms with Crippen molar-refractivity contribution in [2.24, 2.45) is 5.92 Å². The van der Waals surface area contributed by atoms with Crippen molar-refractivity contribution >= 4 is 27.7 Å². The molecule has 3 amide bonds. The molecule has 2 N–H and O–H groups in total. The van der Waals surface area contributed by atoms with Gasteiger partial charge in [-0.05, 0) is 49.4 Å². The fraction of sp³-hybridized carbons (Fsp3) is 0.500. The smallest absolute Gasteiger partial charge is 0.251 e. The molecule has 2 aliphatic heterocycles. The van der Waals surface area contributed by atoms with Gasteiger partial charge >= 0.3 is 0 Å². The van der Waals surface area contributed by atoms with E-state index in [0.29, 0.717) is 19.0 Å². The average Bonchev–Trinajstić information content (AvgIpc) is 2.64. The third kappa shape index (κ3) is 4.36. The fourth-order valence-corrected chi connectivity index (χ4v) is 4.70. The van der Waals surface area contributed by atoms with Crippen molar-refractivity contribution in [3.8, 4) is 0 Å². The van der Waals surface area contributed by atoms with Crippen molar-refractivity contribution in [3.63, 3.8) is 0 Å². The van der Waals surface area contributed by atoms with Crippen molar-refractivity contribution in [2.75, 3.05) is 13.1 Å². The highest BCUT2D eigenvalue weighted by molar-refractivity contribution is 7.89. The molecular weight excluding hydrogens is 370 g/mol. The Balaban J connectivity index is 1.67. The van der Waals surface area contributed by atoms with Crippen LogP contribution in [0.5, 0.6) is 0 Å². The Morgan fingerprint density at radius 3 is 2.33 bits per heavy atom. The van der Waals surface area contributed by atoms with Gasteiger partial charge in [0.25, 0.3) is 5.91 Å². The minimum Gasteiger partial charge on any atom is -0.340 e. The molecule has 0 aliphatic carbocycles. The van der Waals surface area contributed by atoms with Crippen LogP contribution >= 0.6 is 0 Å². The van der Waals surface area contributed by atoms with E-state index in [1.807, 2.05) is 0 Å². The molecule has 0 spiro atoms. The molecule has 0 aromatic heterocycles. The number of sulfonamides is 1. The number of benzene rings is 1. The number of carbonyl (C=O) groups is 3. The predicted molar refractivity (Wildman–Crippen MR) is 97.2 cm³/mol. The molecule has 2 fully saturated rings. The van der Waals surface area contributed by atoms with Gasteiger partial charge < -0.3 is 5.32 Å². The molecule has 1 atom stereocenters. The van der Waals surface area contributed by atoms with Crippen LogP contribution in [0.1, 0.15) is 43.0 Å². The number of nitrogens with zero attached hydrogens (tertiary/aromatic N) is 1. The van der Waals surface area contributed by atoms with Crippen LogP contribution in [0.2, 0.25) is 0 Å². The lowest BCUT2D eigenvalue weighted by molar-refractivity contribution is -0.134. The highest BCUT2D eigenvalue weighted by Gasteiger charge is 2.29. The Labute approximate surface area is 158 Å². The van der Waals surface area contributed by atoms with Gasteiger partial charge in [-0.15, -0.1) is 0 Å². The van der Waals surface area contributed by atoms with Gasteiger partial charge in [-0.1, -0.05) is 6.92 Å². The SMILES string of the molecule is CC1CCN(S(=O)(=O)c2ccc(C(=O)NC3CCC(=O)NC3=O)cc2)CC1. The first-order chi connectivity index (χ1) is 12.8. The van der Waals surface area contributed by atoms with Gasteiger partial charge in [-0.2, -0.15) is 4.31 Å². The van der Waals surface area contributed by atoms with Crippen LogP contribution in [0, 0.1) is 5.92 Å². The van der Waals surface area contributed by atoms with E-state index < -0.39 is 27.9 Å². The van der Waals surface area contributed by atoms with Crippen LogP contribution in [-0.4, -0.2) is 49.6 Å². The fourth-order valence-electron chi connectivity index (χ4n) is 3.23. The maximum Gasteiger partial charge on any atom is 0.251 e. The lowest BCUT2D eigenvalue weighted by Crippen LogP contribution is -2.52. The van der Waals surface area contributed by atoms with E-state index in [2.05, 4.69) is 17.6 Å². The molecule has 2 aliphatic rings. The van der Waals surface area contributed by atoms with Crippen molar-refractivity contribution in [1.29, 1.82) is 0 Å². The van der Waals surface area contributed by atoms with Crippen molar-refractivity contribution in [3.05, 3.63) is 29.8 Å². The zero-order valence-corrected chi connectivity index (χ0v) is 15.9. The Morgan fingerprint density at radius 2 is 1.74 bits per heavy atom. The number of nitrogens with one attached hydrogen (secondary N) is 2. The summed E-state index contributed by atoms with van der Waals surface area (Å²) in [6.45, 7) is 3.11. The van der Waals surface area contributed by atoms with E-state index >= 15 is 0 Å². The van der Waals surface area contributed by atoms with E-state index in [9.17, 15) is 22.8 Å². The molecule has 0 saturated carbocycles. The Morgan fingerprint density at radius 1 is 1.11 bits per heavy atom. The summed E-state index contributed by atoms with van der Waals surface area (Å²) in [6.07, 6.45) is 2.09. The number of piperidine rings is 2. The quantitative estimate of drug-likeness (QED) is 0.729. The third-order valence-corrected chi connectivity index (χ3v) is 6.95. The van der Waals surface area contributed by atoms with Gasteiger partial charge in [0.15, 0.2) is 0 Å². The molecule has 8 nitrogen and oxygen atoms in total. The number of hydrogen-bond acceptors (Lipinski definition) is 5. The van der Waals surface area contributed by atoms with Crippen molar-refractivity contribution < 1.29 is 22.8 Å². The van der Waals surface area contributed by atoms with Gasteiger partial charge in [0.2, 0.25) is 21.8 Å². The molecule has 0 bridgehead atoms. The van der Waals surface area contributed by atoms with Crippen molar-refractivity contribution in [1.82, 2.24) is 14.9 Å². The molecule has 2 saturated heterocycles. The Kier molecular flexibility index (Phi) is 5.61. The second-order valence-electron chi connectivity index (χ2n) is 7.09. The first-order valence-corrected chi connectivity index (χ1v) is 10.5. The summed E-state index contributed by atoms with van der Waals surface area (Å²) < 4.78 is 26.9. The van der Waals surface area contributed by atoms with Crippen molar-refractivity contribution in [2.45, 2.75) is 43.5 Å². The van der Waals surface area contributed by atoms with Gasteiger partial charge in [0.05, 0.1) is 4.90 Å². The standard InChI is InChI=1S/C18H23N3O5S/c1-12-8-10-21(11-9-12)27(25,26)14-4-2-13(3-5-14)17(23)19-15-6-7-16(22)20-18(15)24/h2-5,12,15H,6-11H2,1H3,(H,19,23)(H,20,22,24). The predicted octanol–water partition coefficient (Wildman–Crippen LogP) is 0.642. The lowest BCUT2D eigenvalue weighted by atomic mass is 10.0. The summed E-state index contributed by atoms with van der Waals surface area (Å²) in [7, 11) is -3.57. The summed E-state index contributed by atoms with van der Waals surface area (Å²) in [5, 5.41) is 4.75. The van der Waals surface area contributed by atoms with E-state index in [4.69, 9.17) is 0 Å². The summed E-state index contributed by atoms with van der Waals surface area (Å²) in [6, 6.07) is 4.91. The van der Waals surface area contributed by atoms with E-state index in [-0.39, 0.29) is 29.2 Å².